The van der Waals surface area contributed by atoms with Gasteiger partial charge < -0.3 is 10.0 Å². The first kappa shape index (κ1) is 17.7. The number of amides is 1. The molecule has 1 N–H and O–H groups in total. The number of aliphatic hydroxyl groups excluding tert-OH is 1. The molecule has 5 heteroatoms. The molecule has 1 aliphatic heterocycles. The molecule has 0 spiro atoms. The molecule has 0 unspecified atom stereocenters. The van der Waals surface area contributed by atoms with E-state index in [4.69, 9.17) is 0 Å². The van der Waals surface area contributed by atoms with Crippen LogP contribution in [0, 0.1) is 13.8 Å². The second-order valence-electron chi connectivity index (χ2n) is 7.00. The number of benzene rings is 1. The van der Waals surface area contributed by atoms with E-state index >= 15 is 0 Å². The highest BCUT2D eigenvalue weighted by atomic mass is 16.3. The van der Waals surface area contributed by atoms with Crippen molar-refractivity contribution < 1.29 is 9.90 Å². The van der Waals surface area contributed by atoms with Gasteiger partial charge in [0.1, 0.15) is 0 Å². The lowest BCUT2D eigenvalue weighted by Crippen LogP contribution is -2.52. The van der Waals surface area contributed by atoms with E-state index in [1.807, 2.05) is 48.7 Å². The molecule has 134 valence electrons. The quantitative estimate of drug-likeness (QED) is 0.927. The van der Waals surface area contributed by atoms with Crippen LogP contribution < -0.4 is 0 Å². The number of aliphatic hydroxyl groups is 1. The van der Waals surface area contributed by atoms with Crippen molar-refractivity contribution in [1.82, 2.24) is 14.7 Å². The summed E-state index contributed by atoms with van der Waals surface area (Å²) in [6.45, 7) is 4.66. The van der Waals surface area contributed by atoms with Gasteiger partial charge in [-0.25, -0.2) is 0 Å². The average Bonchev–Trinajstić information content (AvgIpc) is 2.84. The number of rotatable bonds is 4. The van der Waals surface area contributed by atoms with Crippen LogP contribution in [0.5, 0.6) is 0 Å². The van der Waals surface area contributed by atoms with Crippen molar-refractivity contribution in [2.75, 3.05) is 6.54 Å². The zero-order valence-corrected chi connectivity index (χ0v) is 15.3. The van der Waals surface area contributed by atoms with E-state index in [0.717, 1.165) is 35.4 Å². The third-order valence-corrected chi connectivity index (χ3v) is 5.34. The van der Waals surface area contributed by atoms with E-state index in [1.165, 1.54) is 0 Å². The highest BCUT2D eigenvalue weighted by molar-refractivity contribution is 5.80. The number of carbonyl (C=O) groups is 1. The van der Waals surface area contributed by atoms with E-state index in [2.05, 4.69) is 17.2 Å². The van der Waals surface area contributed by atoms with Gasteiger partial charge in [-0.1, -0.05) is 30.3 Å². The molecule has 3 rings (SSSR count). The number of aromatic nitrogens is 2. The van der Waals surface area contributed by atoms with Crippen molar-refractivity contribution in [3.05, 3.63) is 52.8 Å². The van der Waals surface area contributed by atoms with Gasteiger partial charge in [0.2, 0.25) is 5.91 Å². The summed E-state index contributed by atoms with van der Waals surface area (Å²) < 4.78 is 1.82. The molecule has 2 atom stereocenters. The normalized spacial score (nSPS) is 20.7. The molecule has 0 radical (unpaired) electrons. The van der Waals surface area contributed by atoms with Crippen molar-refractivity contribution in [3.63, 3.8) is 0 Å². The van der Waals surface area contributed by atoms with Gasteiger partial charge in [0.05, 0.1) is 24.3 Å². The van der Waals surface area contributed by atoms with Crippen LogP contribution in [0.1, 0.15) is 35.4 Å². The molecule has 1 saturated heterocycles. The Morgan fingerprint density at radius 3 is 2.64 bits per heavy atom. The summed E-state index contributed by atoms with van der Waals surface area (Å²) in [5.74, 6) is 0.0823. The molecule has 0 saturated carbocycles. The van der Waals surface area contributed by atoms with Gasteiger partial charge in [-0.15, -0.1) is 0 Å². The Hall–Kier alpha value is -2.14. The van der Waals surface area contributed by atoms with Crippen LogP contribution in [0.2, 0.25) is 0 Å². The first-order valence-corrected chi connectivity index (χ1v) is 8.98. The fourth-order valence-corrected chi connectivity index (χ4v) is 3.77. The van der Waals surface area contributed by atoms with E-state index in [1.54, 1.807) is 0 Å². The Bertz CT molecular complexity index is 739. The molecule has 0 bridgehead atoms. The lowest BCUT2D eigenvalue weighted by atomic mass is 9.92. The summed E-state index contributed by atoms with van der Waals surface area (Å²) in [7, 11) is 1.90. The first-order chi connectivity index (χ1) is 12.0. The van der Waals surface area contributed by atoms with Crippen molar-refractivity contribution in [2.24, 2.45) is 7.05 Å². The summed E-state index contributed by atoms with van der Waals surface area (Å²) in [5, 5.41) is 14.9. The van der Waals surface area contributed by atoms with Crippen molar-refractivity contribution >= 4 is 5.91 Å². The highest BCUT2D eigenvalue weighted by Gasteiger charge is 2.33. The third-order valence-electron chi connectivity index (χ3n) is 5.34. The fourth-order valence-electron chi connectivity index (χ4n) is 3.77. The van der Waals surface area contributed by atoms with E-state index in [0.29, 0.717) is 19.4 Å². The second kappa shape index (κ2) is 7.40. The SMILES string of the molecule is Cc1nn(C)c(C)c1CC(=O)N1CCC[C@H](O)[C@@H]1Cc1ccccc1. The third kappa shape index (κ3) is 3.76. The van der Waals surface area contributed by atoms with Gasteiger partial charge in [0, 0.05) is 24.8 Å². The summed E-state index contributed by atoms with van der Waals surface area (Å²) >= 11 is 0. The summed E-state index contributed by atoms with van der Waals surface area (Å²) in [6, 6.07) is 9.94. The predicted molar refractivity (Wildman–Crippen MR) is 97.3 cm³/mol. The molecule has 1 aliphatic rings. The molecule has 2 aromatic rings. The minimum atomic E-state index is -0.464. The van der Waals surface area contributed by atoms with Gasteiger partial charge in [0.25, 0.3) is 0 Å². The minimum Gasteiger partial charge on any atom is -0.391 e. The minimum absolute atomic E-state index is 0.0823. The van der Waals surface area contributed by atoms with Crippen LogP contribution in [0.3, 0.4) is 0 Å². The molecule has 1 aromatic carbocycles. The van der Waals surface area contributed by atoms with E-state index in [-0.39, 0.29) is 11.9 Å². The van der Waals surface area contributed by atoms with E-state index < -0.39 is 6.10 Å². The van der Waals surface area contributed by atoms with Gasteiger partial charge in [-0.3, -0.25) is 9.48 Å². The lowest BCUT2D eigenvalue weighted by molar-refractivity contribution is -0.138. The van der Waals surface area contributed by atoms with Crippen molar-refractivity contribution in [1.29, 1.82) is 0 Å². The van der Waals surface area contributed by atoms with Crippen LogP contribution in [0.25, 0.3) is 0 Å². The topological polar surface area (TPSA) is 58.4 Å². The highest BCUT2D eigenvalue weighted by Crippen LogP contribution is 2.23. The maximum Gasteiger partial charge on any atom is 0.227 e. The molecular formula is C20H27N3O2. The summed E-state index contributed by atoms with van der Waals surface area (Å²) in [4.78, 5) is 14.9. The molecule has 5 nitrogen and oxygen atoms in total. The number of nitrogens with zero attached hydrogens (tertiary/aromatic N) is 3. The molecule has 25 heavy (non-hydrogen) atoms. The van der Waals surface area contributed by atoms with Crippen molar-refractivity contribution in [2.45, 2.75) is 51.7 Å². The van der Waals surface area contributed by atoms with Crippen LogP contribution in [-0.4, -0.2) is 44.4 Å². The van der Waals surface area contributed by atoms with E-state index in [9.17, 15) is 9.90 Å². The van der Waals surface area contributed by atoms with Crippen molar-refractivity contribution in [3.8, 4) is 0 Å². The van der Waals surface area contributed by atoms with Crippen LogP contribution in [0.4, 0.5) is 0 Å². The van der Waals surface area contributed by atoms with Gasteiger partial charge in [0.15, 0.2) is 0 Å². The number of likely N-dealkylation sites (tertiary alicyclic amines) is 1. The molecule has 1 fully saturated rings. The predicted octanol–water partition coefficient (Wildman–Crippen LogP) is 2.17. The van der Waals surface area contributed by atoms with Crippen LogP contribution >= 0.6 is 0 Å². The Balaban J connectivity index is 1.78. The Morgan fingerprint density at radius 1 is 1.28 bits per heavy atom. The smallest absolute Gasteiger partial charge is 0.227 e. The number of piperidine rings is 1. The Kier molecular flexibility index (Phi) is 5.23. The largest absolute Gasteiger partial charge is 0.391 e. The zero-order chi connectivity index (χ0) is 18.0. The Labute approximate surface area is 149 Å². The van der Waals surface area contributed by atoms with Gasteiger partial charge in [-0.05, 0) is 38.7 Å². The number of aryl methyl sites for hydroxylation is 2. The first-order valence-electron chi connectivity index (χ1n) is 8.98. The fraction of sp³-hybridized carbons (Fsp3) is 0.500. The number of carbonyl (C=O) groups excluding carboxylic acids is 1. The van der Waals surface area contributed by atoms with Gasteiger partial charge in [-0.2, -0.15) is 5.10 Å². The molecule has 1 aromatic heterocycles. The summed E-state index contributed by atoms with van der Waals surface area (Å²) in [6.07, 6.45) is 2.19. The van der Waals surface area contributed by atoms with Gasteiger partial charge >= 0.3 is 0 Å². The number of hydrogen-bond acceptors (Lipinski definition) is 3. The monoisotopic (exact) mass is 341 g/mol. The standard InChI is InChI=1S/C20H27N3O2/c1-14-17(15(2)22(3)21-14)13-20(25)23-11-7-10-19(24)18(23)12-16-8-5-4-6-9-16/h4-6,8-9,18-19,24H,7,10-13H2,1-3H3/t18-,19-/m0/s1. The number of hydrogen-bond donors (Lipinski definition) is 1. The Morgan fingerprint density at radius 2 is 2.00 bits per heavy atom. The molecular weight excluding hydrogens is 314 g/mol. The molecule has 0 aliphatic carbocycles. The van der Waals surface area contributed by atoms with Crippen LogP contribution in [-0.2, 0) is 24.7 Å². The maximum atomic E-state index is 13.0. The lowest BCUT2D eigenvalue weighted by Gasteiger charge is -2.39. The molecule has 2 heterocycles. The molecule has 1 amide bonds. The second-order valence-corrected chi connectivity index (χ2v) is 7.00. The van der Waals surface area contributed by atoms with Crippen LogP contribution in [0.15, 0.2) is 30.3 Å². The summed E-state index contributed by atoms with van der Waals surface area (Å²) in [5.41, 5.74) is 4.10. The average molecular weight is 341 g/mol. The zero-order valence-electron chi connectivity index (χ0n) is 15.3. The maximum absolute atomic E-state index is 13.0.